The first-order chi connectivity index (χ1) is 11.1. The van der Waals surface area contributed by atoms with Crippen LogP contribution in [0, 0.1) is 13.8 Å². The summed E-state index contributed by atoms with van der Waals surface area (Å²) in [5.41, 5.74) is 2.59. The van der Waals surface area contributed by atoms with Gasteiger partial charge in [0.1, 0.15) is 0 Å². The van der Waals surface area contributed by atoms with Gasteiger partial charge in [-0.05, 0) is 48.5 Å². The molecule has 2 aromatic heterocycles. The van der Waals surface area contributed by atoms with Gasteiger partial charge in [-0.1, -0.05) is 11.8 Å². The molecule has 1 amide bonds. The minimum Gasteiger partial charge on any atom is -0.322 e. The Kier molecular flexibility index (Phi) is 5.42. The zero-order valence-corrected chi connectivity index (χ0v) is 16.4. The highest BCUT2D eigenvalue weighted by Crippen LogP contribution is 2.25. The van der Waals surface area contributed by atoms with Crippen LogP contribution in [0.5, 0.6) is 0 Å². The van der Waals surface area contributed by atoms with Gasteiger partial charge in [0.05, 0.1) is 22.8 Å². The number of nitrogens with one attached hydrogen (secondary N) is 1. The van der Waals surface area contributed by atoms with Crippen LogP contribution in [0.4, 0.5) is 5.69 Å². The topological polar surface area (TPSA) is 64.7 Å². The van der Waals surface area contributed by atoms with Gasteiger partial charge in [0.15, 0.2) is 5.16 Å². The number of thioether (sulfide) groups is 1. The summed E-state index contributed by atoms with van der Waals surface area (Å²) < 4.78 is 4.02. The third-order valence-electron chi connectivity index (χ3n) is 3.74. The highest BCUT2D eigenvalue weighted by molar-refractivity contribution is 7.99. The fraction of sp³-hybridized carbons (Fsp3) is 0.588. The predicted molar refractivity (Wildman–Crippen MR) is 98.7 cm³/mol. The number of anilines is 1. The van der Waals surface area contributed by atoms with E-state index in [1.54, 1.807) is 6.20 Å². The average Bonchev–Trinajstić information content (AvgIpc) is 3.04. The number of aryl methyl sites for hydroxylation is 1. The van der Waals surface area contributed by atoms with Gasteiger partial charge in [-0.25, -0.2) is 4.98 Å². The third kappa shape index (κ3) is 4.01. The highest BCUT2D eigenvalue weighted by Gasteiger charge is 2.19. The molecule has 0 spiro atoms. The summed E-state index contributed by atoms with van der Waals surface area (Å²) in [7, 11) is 0. The molecule has 0 saturated heterocycles. The predicted octanol–water partition coefficient (Wildman–Crippen LogP) is 3.76. The zero-order valence-electron chi connectivity index (χ0n) is 15.5. The van der Waals surface area contributed by atoms with Gasteiger partial charge in [-0.3, -0.25) is 9.48 Å². The fourth-order valence-electron chi connectivity index (χ4n) is 2.56. The minimum atomic E-state index is -0.0547. The van der Waals surface area contributed by atoms with E-state index < -0.39 is 0 Å². The Hall–Kier alpha value is -1.76. The molecule has 0 atom stereocenters. The monoisotopic (exact) mass is 349 g/mol. The lowest BCUT2D eigenvalue weighted by Gasteiger charge is -2.22. The van der Waals surface area contributed by atoms with Crippen LogP contribution < -0.4 is 5.32 Å². The second-order valence-electron chi connectivity index (χ2n) is 7.17. The quantitative estimate of drug-likeness (QED) is 0.835. The van der Waals surface area contributed by atoms with E-state index in [9.17, 15) is 4.79 Å². The molecule has 0 aliphatic rings. The molecule has 2 heterocycles. The molecule has 1 N–H and O–H groups in total. The van der Waals surface area contributed by atoms with Crippen LogP contribution in [-0.4, -0.2) is 31.0 Å². The smallest absolute Gasteiger partial charge is 0.234 e. The Labute approximate surface area is 148 Å². The van der Waals surface area contributed by atoms with Crippen molar-refractivity contribution in [2.24, 2.45) is 0 Å². The normalized spacial score (nSPS) is 12.0. The molecule has 0 aliphatic heterocycles. The van der Waals surface area contributed by atoms with Crippen molar-refractivity contribution in [1.82, 2.24) is 19.3 Å². The number of rotatable bonds is 5. The van der Waals surface area contributed by atoms with Crippen LogP contribution in [0.15, 0.2) is 17.6 Å². The Morgan fingerprint density at radius 3 is 2.54 bits per heavy atom. The first-order valence-electron chi connectivity index (χ1n) is 8.13. The molecule has 0 unspecified atom stereocenters. The maximum absolute atomic E-state index is 12.3. The molecule has 0 aliphatic carbocycles. The second kappa shape index (κ2) is 7.01. The van der Waals surface area contributed by atoms with Gasteiger partial charge < -0.3 is 9.88 Å². The molecule has 2 aromatic rings. The number of hydrogen-bond donors (Lipinski definition) is 1. The lowest BCUT2D eigenvalue weighted by molar-refractivity contribution is -0.113. The maximum Gasteiger partial charge on any atom is 0.234 e. The molecule has 24 heavy (non-hydrogen) atoms. The number of nitrogens with zero attached hydrogens (tertiary/aromatic N) is 4. The van der Waals surface area contributed by atoms with Crippen LogP contribution in [-0.2, 0) is 10.3 Å². The number of hydrogen-bond acceptors (Lipinski definition) is 4. The molecule has 0 aromatic carbocycles. The Bertz CT molecular complexity index is 724. The van der Waals surface area contributed by atoms with E-state index in [-0.39, 0.29) is 17.5 Å². The van der Waals surface area contributed by atoms with Gasteiger partial charge in [-0.15, -0.1) is 0 Å². The number of imidazole rings is 1. The van der Waals surface area contributed by atoms with Crippen LogP contribution in [0.1, 0.15) is 52.0 Å². The molecule has 6 nitrogen and oxygen atoms in total. The van der Waals surface area contributed by atoms with Crippen LogP contribution in [0.25, 0.3) is 0 Å². The summed E-state index contributed by atoms with van der Waals surface area (Å²) in [6.07, 6.45) is 3.72. The van der Waals surface area contributed by atoms with Crippen LogP contribution in [0.3, 0.4) is 0 Å². The van der Waals surface area contributed by atoms with Crippen molar-refractivity contribution in [2.45, 2.75) is 65.2 Å². The third-order valence-corrected chi connectivity index (χ3v) is 4.71. The van der Waals surface area contributed by atoms with Crippen LogP contribution in [0.2, 0.25) is 0 Å². The summed E-state index contributed by atoms with van der Waals surface area (Å²) in [6, 6.07) is 0.267. The Balaban J connectivity index is 2.04. The van der Waals surface area contributed by atoms with E-state index in [1.807, 2.05) is 24.7 Å². The lowest BCUT2D eigenvalue weighted by atomic mass is 10.1. The molecular formula is C17H27N5OS. The van der Waals surface area contributed by atoms with Crippen molar-refractivity contribution in [3.05, 3.63) is 23.8 Å². The SMILES string of the molecule is Cc1nn(C(C)C)c(C)c1NC(=O)CSc1nccn1C(C)(C)C. The van der Waals surface area contributed by atoms with E-state index >= 15 is 0 Å². The van der Waals surface area contributed by atoms with E-state index in [4.69, 9.17) is 0 Å². The van der Waals surface area contributed by atoms with Crippen LogP contribution >= 0.6 is 11.8 Å². The minimum absolute atomic E-state index is 0.0436. The van der Waals surface area contributed by atoms with Crippen molar-refractivity contribution in [3.63, 3.8) is 0 Å². The molecule has 7 heteroatoms. The van der Waals surface area contributed by atoms with E-state index in [2.05, 4.69) is 54.6 Å². The van der Waals surface area contributed by atoms with Gasteiger partial charge in [0, 0.05) is 24.0 Å². The molecule has 0 radical (unpaired) electrons. The highest BCUT2D eigenvalue weighted by atomic mass is 32.2. The molecular weight excluding hydrogens is 322 g/mol. The van der Waals surface area contributed by atoms with Crippen molar-refractivity contribution < 1.29 is 4.79 Å². The molecule has 0 bridgehead atoms. The standard InChI is InChI=1S/C17H27N5OS/c1-11(2)22-13(4)15(12(3)20-22)19-14(23)10-24-16-18-8-9-21(16)17(5,6)7/h8-9,11H,10H2,1-7H3,(H,19,23). The summed E-state index contributed by atoms with van der Waals surface area (Å²) in [6.45, 7) is 14.4. The Morgan fingerprint density at radius 2 is 2.00 bits per heavy atom. The number of amides is 1. The van der Waals surface area contributed by atoms with Gasteiger partial charge in [-0.2, -0.15) is 5.10 Å². The van der Waals surface area contributed by atoms with Gasteiger partial charge in [0.25, 0.3) is 0 Å². The van der Waals surface area contributed by atoms with Crippen molar-refractivity contribution in [3.8, 4) is 0 Å². The summed E-state index contributed by atoms with van der Waals surface area (Å²) in [5, 5.41) is 8.34. The first kappa shape index (κ1) is 18.6. The van der Waals surface area contributed by atoms with E-state index in [1.165, 1.54) is 11.8 Å². The summed E-state index contributed by atoms with van der Waals surface area (Å²) in [4.78, 5) is 16.7. The van der Waals surface area contributed by atoms with Crippen molar-refractivity contribution in [1.29, 1.82) is 0 Å². The summed E-state index contributed by atoms with van der Waals surface area (Å²) in [5.74, 6) is 0.275. The summed E-state index contributed by atoms with van der Waals surface area (Å²) >= 11 is 1.45. The number of carbonyl (C=O) groups is 1. The zero-order chi connectivity index (χ0) is 18.1. The molecule has 2 rings (SSSR count). The maximum atomic E-state index is 12.3. The van der Waals surface area contributed by atoms with Crippen molar-refractivity contribution >= 4 is 23.4 Å². The lowest BCUT2D eigenvalue weighted by Crippen LogP contribution is -2.22. The number of aromatic nitrogens is 4. The average molecular weight is 350 g/mol. The first-order valence-corrected chi connectivity index (χ1v) is 9.12. The second-order valence-corrected chi connectivity index (χ2v) is 8.11. The molecule has 132 valence electrons. The van der Waals surface area contributed by atoms with Gasteiger partial charge >= 0.3 is 0 Å². The largest absolute Gasteiger partial charge is 0.322 e. The van der Waals surface area contributed by atoms with E-state index in [0.29, 0.717) is 5.75 Å². The molecule has 0 saturated carbocycles. The van der Waals surface area contributed by atoms with Gasteiger partial charge in [0.2, 0.25) is 5.91 Å². The van der Waals surface area contributed by atoms with Crippen molar-refractivity contribution in [2.75, 3.05) is 11.1 Å². The van der Waals surface area contributed by atoms with E-state index in [0.717, 1.165) is 22.2 Å². The molecule has 0 fully saturated rings. The fourth-order valence-corrected chi connectivity index (χ4v) is 3.50. The Morgan fingerprint density at radius 1 is 1.33 bits per heavy atom. The number of carbonyl (C=O) groups excluding carboxylic acids is 1.